The zero-order chi connectivity index (χ0) is 31.2. The fourth-order valence-corrected chi connectivity index (χ4v) is 6.41. The summed E-state index contributed by atoms with van der Waals surface area (Å²) in [5.74, 6) is -0.106. The molecule has 9 heteroatoms. The fourth-order valence-electron chi connectivity index (χ4n) is 6.41. The second kappa shape index (κ2) is 14.2. The molecule has 44 heavy (non-hydrogen) atoms. The van der Waals surface area contributed by atoms with Crippen LogP contribution in [-0.2, 0) is 22.6 Å². The number of aromatic nitrogens is 1. The zero-order valence-corrected chi connectivity index (χ0v) is 26.4. The van der Waals surface area contributed by atoms with Gasteiger partial charge in [-0.25, -0.2) is 0 Å². The third-order valence-electron chi connectivity index (χ3n) is 8.92. The van der Waals surface area contributed by atoms with E-state index >= 15 is 0 Å². The average molecular weight is 600 g/mol. The molecule has 2 aliphatic rings. The number of benzene rings is 2. The molecule has 3 aromatic rings. The maximum atomic E-state index is 13.6. The summed E-state index contributed by atoms with van der Waals surface area (Å²) in [7, 11) is 0. The van der Waals surface area contributed by atoms with E-state index in [0.29, 0.717) is 11.1 Å². The smallest absolute Gasteiger partial charge is 0.253 e. The van der Waals surface area contributed by atoms with E-state index in [4.69, 9.17) is 4.74 Å². The lowest BCUT2D eigenvalue weighted by molar-refractivity contribution is -0.129. The molecule has 2 aliphatic heterocycles. The second-order valence-electron chi connectivity index (χ2n) is 12.0. The number of rotatable bonds is 9. The van der Waals surface area contributed by atoms with Gasteiger partial charge in [0.05, 0.1) is 13.2 Å². The molecular formula is C35H45N5O4. The number of ether oxygens (including phenoxy) is 1. The number of pyridine rings is 1. The summed E-state index contributed by atoms with van der Waals surface area (Å²) in [6.07, 6.45) is 1.76. The normalized spacial score (nSPS) is 16.1. The van der Waals surface area contributed by atoms with Crippen molar-refractivity contribution in [3.8, 4) is 11.1 Å². The summed E-state index contributed by atoms with van der Waals surface area (Å²) in [5.41, 5.74) is 6.82. The molecule has 234 valence electrons. The Morgan fingerprint density at radius 2 is 1.68 bits per heavy atom. The molecule has 2 fully saturated rings. The number of piperidine rings is 1. The molecule has 0 bridgehead atoms. The van der Waals surface area contributed by atoms with E-state index in [0.717, 1.165) is 93.4 Å². The first-order valence-corrected chi connectivity index (χ1v) is 15.8. The number of anilines is 1. The fraction of sp³-hybridized carbons (Fsp3) is 0.457. The Hall–Kier alpha value is -3.95. The van der Waals surface area contributed by atoms with Gasteiger partial charge in [-0.1, -0.05) is 24.3 Å². The number of morpholine rings is 1. The van der Waals surface area contributed by atoms with E-state index in [1.54, 1.807) is 6.92 Å². The summed E-state index contributed by atoms with van der Waals surface area (Å²) >= 11 is 0. The van der Waals surface area contributed by atoms with Crippen LogP contribution in [0.4, 0.5) is 5.69 Å². The van der Waals surface area contributed by atoms with Crippen LogP contribution < -0.4 is 15.8 Å². The van der Waals surface area contributed by atoms with Gasteiger partial charge in [0, 0.05) is 81.3 Å². The number of likely N-dealkylation sites (tertiary alicyclic amines) is 1. The van der Waals surface area contributed by atoms with Crippen molar-refractivity contribution in [2.75, 3.05) is 50.8 Å². The molecule has 9 nitrogen and oxygen atoms in total. The Balaban J connectivity index is 1.42. The molecule has 2 aromatic carbocycles. The number of hydrogen-bond donors (Lipinski definition) is 2. The average Bonchev–Trinajstić information content (AvgIpc) is 3.02. The van der Waals surface area contributed by atoms with Gasteiger partial charge < -0.3 is 24.8 Å². The van der Waals surface area contributed by atoms with Crippen LogP contribution in [0.2, 0.25) is 0 Å². The van der Waals surface area contributed by atoms with Crippen molar-refractivity contribution < 1.29 is 14.3 Å². The highest BCUT2D eigenvalue weighted by molar-refractivity contribution is 5.97. The minimum Gasteiger partial charge on any atom is -0.379 e. The van der Waals surface area contributed by atoms with Gasteiger partial charge in [0.1, 0.15) is 0 Å². The van der Waals surface area contributed by atoms with Crippen molar-refractivity contribution in [1.82, 2.24) is 20.1 Å². The summed E-state index contributed by atoms with van der Waals surface area (Å²) in [4.78, 5) is 47.6. The van der Waals surface area contributed by atoms with Crippen LogP contribution in [0, 0.1) is 13.8 Å². The van der Waals surface area contributed by atoms with Gasteiger partial charge in [-0.3, -0.25) is 19.3 Å². The Morgan fingerprint density at radius 3 is 2.32 bits per heavy atom. The van der Waals surface area contributed by atoms with Gasteiger partial charge in [-0.05, 0) is 80.1 Å². The SMILES string of the molecule is CCN(c1cc(C(=O)NCc2c(C)cc(C)[nH]c2=O)cc(-c2ccc(CN3CCOCC3)cc2)c1)C1CCN(C(C)=O)CC1. The molecule has 0 spiro atoms. The van der Waals surface area contributed by atoms with Crippen molar-refractivity contribution >= 4 is 17.5 Å². The van der Waals surface area contributed by atoms with Gasteiger partial charge in [-0.15, -0.1) is 0 Å². The second-order valence-corrected chi connectivity index (χ2v) is 12.0. The van der Waals surface area contributed by atoms with Crippen LogP contribution in [0.1, 0.15) is 59.4 Å². The Morgan fingerprint density at radius 1 is 0.977 bits per heavy atom. The van der Waals surface area contributed by atoms with Gasteiger partial charge >= 0.3 is 0 Å². The molecule has 3 heterocycles. The van der Waals surface area contributed by atoms with Gasteiger partial charge in [0.15, 0.2) is 0 Å². The molecule has 0 aliphatic carbocycles. The van der Waals surface area contributed by atoms with Crippen LogP contribution in [0.25, 0.3) is 11.1 Å². The maximum Gasteiger partial charge on any atom is 0.253 e. The maximum absolute atomic E-state index is 13.6. The lowest BCUT2D eigenvalue weighted by Crippen LogP contribution is -2.46. The minimum atomic E-state index is -0.223. The molecule has 0 atom stereocenters. The lowest BCUT2D eigenvalue weighted by Gasteiger charge is -2.39. The summed E-state index contributed by atoms with van der Waals surface area (Å²) in [5, 5.41) is 2.99. The lowest BCUT2D eigenvalue weighted by atomic mass is 9.97. The molecule has 1 aromatic heterocycles. The first-order valence-electron chi connectivity index (χ1n) is 15.8. The van der Waals surface area contributed by atoms with E-state index in [9.17, 15) is 14.4 Å². The monoisotopic (exact) mass is 599 g/mol. The molecular weight excluding hydrogens is 554 g/mol. The number of aromatic amines is 1. The first kappa shape index (κ1) is 31.5. The molecule has 2 amide bonds. The van der Waals surface area contributed by atoms with Crippen molar-refractivity contribution in [3.63, 3.8) is 0 Å². The standard InChI is InChI=1S/C35H45N5O4/c1-5-40(31-10-12-39(13-11-31)26(4)41)32-20-29(28-8-6-27(7-9-28)23-38-14-16-44-17-15-38)19-30(21-32)34(42)36-22-33-24(2)18-25(3)37-35(33)43/h6-9,18-21,31H,5,10-17,22-23H2,1-4H3,(H,36,42)(H,37,43). The van der Waals surface area contributed by atoms with Crippen LogP contribution in [0.15, 0.2) is 53.3 Å². The molecule has 0 saturated carbocycles. The Labute approximate surface area is 260 Å². The van der Waals surface area contributed by atoms with Gasteiger partial charge in [0.2, 0.25) is 5.91 Å². The highest BCUT2D eigenvalue weighted by atomic mass is 16.5. The Kier molecular flexibility index (Phi) is 10.2. The predicted octanol–water partition coefficient (Wildman–Crippen LogP) is 4.26. The third-order valence-corrected chi connectivity index (χ3v) is 8.92. The van der Waals surface area contributed by atoms with Crippen molar-refractivity contribution in [2.24, 2.45) is 0 Å². The zero-order valence-electron chi connectivity index (χ0n) is 26.4. The third kappa shape index (κ3) is 7.57. The van der Waals surface area contributed by atoms with Gasteiger partial charge in [0.25, 0.3) is 11.5 Å². The first-order chi connectivity index (χ1) is 21.2. The summed E-state index contributed by atoms with van der Waals surface area (Å²) < 4.78 is 5.49. The summed E-state index contributed by atoms with van der Waals surface area (Å²) in [6, 6.07) is 16.8. The van der Waals surface area contributed by atoms with E-state index < -0.39 is 0 Å². The van der Waals surface area contributed by atoms with Crippen LogP contribution in [0.3, 0.4) is 0 Å². The van der Waals surface area contributed by atoms with Crippen molar-refractivity contribution in [3.05, 3.63) is 86.8 Å². The van der Waals surface area contributed by atoms with E-state index in [1.807, 2.05) is 36.9 Å². The number of hydrogen-bond acceptors (Lipinski definition) is 6. The Bertz CT molecular complexity index is 1520. The summed E-state index contributed by atoms with van der Waals surface area (Å²) in [6.45, 7) is 14.2. The van der Waals surface area contributed by atoms with E-state index in [2.05, 4.69) is 57.4 Å². The predicted molar refractivity (Wildman–Crippen MR) is 174 cm³/mol. The number of nitrogens with zero attached hydrogens (tertiary/aromatic N) is 3. The van der Waals surface area contributed by atoms with E-state index in [-0.39, 0.29) is 30.0 Å². The molecule has 0 radical (unpaired) electrons. The largest absolute Gasteiger partial charge is 0.379 e. The number of H-pyrrole nitrogens is 1. The number of nitrogens with one attached hydrogen (secondary N) is 2. The molecule has 0 unspecified atom stereocenters. The topological polar surface area (TPSA) is 98.0 Å². The molecule has 2 N–H and O–H groups in total. The van der Waals surface area contributed by atoms with E-state index in [1.165, 1.54) is 5.56 Å². The van der Waals surface area contributed by atoms with Crippen molar-refractivity contribution in [1.29, 1.82) is 0 Å². The van der Waals surface area contributed by atoms with Crippen LogP contribution in [0.5, 0.6) is 0 Å². The highest BCUT2D eigenvalue weighted by Gasteiger charge is 2.26. The van der Waals surface area contributed by atoms with Crippen LogP contribution in [-0.4, -0.2) is 78.6 Å². The number of aryl methyl sites for hydroxylation is 2. The number of carbonyl (C=O) groups excluding carboxylic acids is 2. The highest BCUT2D eigenvalue weighted by Crippen LogP contribution is 2.31. The molecule has 2 saturated heterocycles. The minimum absolute atomic E-state index is 0.118. The van der Waals surface area contributed by atoms with Crippen LogP contribution >= 0.6 is 0 Å². The van der Waals surface area contributed by atoms with Crippen molar-refractivity contribution in [2.45, 2.75) is 59.7 Å². The quantitative estimate of drug-likeness (QED) is 0.382. The van der Waals surface area contributed by atoms with Gasteiger partial charge in [-0.2, -0.15) is 0 Å². The number of carbonyl (C=O) groups is 2. The number of amides is 2. The molecule has 5 rings (SSSR count).